The number of aromatic nitrogens is 2. The van der Waals surface area contributed by atoms with Gasteiger partial charge in [-0.3, -0.25) is 4.68 Å². The van der Waals surface area contributed by atoms with Crippen molar-refractivity contribution in [1.82, 2.24) is 20.0 Å². The summed E-state index contributed by atoms with van der Waals surface area (Å²) in [7, 11) is 1.90. The molecule has 2 atom stereocenters. The number of aryl methyl sites for hydroxylation is 1. The Morgan fingerprint density at radius 2 is 2.24 bits per heavy atom. The molecule has 2 aromatic rings. The summed E-state index contributed by atoms with van der Waals surface area (Å²) >= 11 is 0. The van der Waals surface area contributed by atoms with Gasteiger partial charge in [0.25, 0.3) is 0 Å². The van der Waals surface area contributed by atoms with Crippen molar-refractivity contribution >= 4 is 6.03 Å². The Bertz CT molecular complexity index is 746. The topological polar surface area (TPSA) is 63.3 Å². The molecule has 1 N–H and O–H groups in total. The monoisotopic (exact) mass is 342 g/mol. The van der Waals surface area contributed by atoms with E-state index in [1.807, 2.05) is 30.4 Å². The summed E-state index contributed by atoms with van der Waals surface area (Å²) < 4.78 is 7.76. The molecule has 2 fully saturated rings. The third-order valence-electron chi connectivity index (χ3n) is 5.18. The van der Waals surface area contributed by atoms with Gasteiger partial charge in [0, 0.05) is 31.7 Å². The molecule has 2 heterocycles. The van der Waals surface area contributed by atoms with E-state index < -0.39 is 0 Å². The van der Waals surface area contributed by atoms with Crippen molar-refractivity contribution in [2.45, 2.75) is 51.1 Å². The first kappa shape index (κ1) is 16.2. The van der Waals surface area contributed by atoms with Crippen molar-refractivity contribution < 1.29 is 9.21 Å². The number of furan rings is 1. The van der Waals surface area contributed by atoms with Crippen LogP contribution in [0.1, 0.15) is 49.2 Å². The molecule has 25 heavy (non-hydrogen) atoms. The Labute approximate surface area is 148 Å². The minimum Gasteiger partial charge on any atom is -0.464 e. The maximum Gasteiger partial charge on any atom is 0.318 e. The number of urea groups is 1. The number of hydrogen-bond donors (Lipinski definition) is 1. The van der Waals surface area contributed by atoms with Gasteiger partial charge in [-0.1, -0.05) is 6.92 Å². The number of amides is 2. The molecule has 2 amide bonds. The summed E-state index contributed by atoms with van der Waals surface area (Å²) in [6, 6.07) is 4.46. The van der Waals surface area contributed by atoms with E-state index in [-0.39, 0.29) is 6.03 Å². The molecule has 6 heteroatoms. The van der Waals surface area contributed by atoms with Crippen LogP contribution in [-0.2, 0) is 20.0 Å². The third-order valence-corrected chi connectivity index (χ3v) is 5.18. The van der Waals surface area contributed by atoms with Crippen LogP contribution in [0, 0.1) is 5.92 Å². The van der Waals surface area contributed by atoms with Crippen LogP contribution in [0.4, 0.5) is 4.79 Å². The fourth-order valence-electron chi connectivity index (χ4n) is 3.33. The highest BCUT2D eigenvalue weighted by molar-refractivity contribution is 5.74. The van der Waals surface area contributed by atoms with Gasteiger partial charge in [-0.2, -0.15) is 5.10 Å². The lowest BCUT2D eigenvalue weighted by Crippen LogP contribution is -2.41. The fraction of sp³-hybridized carbons (Fsp3) is 0.579. The molecule has 134 valence electrons. The molecule has 2 aromatic heterocycles. The predicted molar refractivity (Wildman–Crippen MR) is 94.1 cm³/mol. The first-order chi connectivity index (χ1) is 12.1. The Morgan fingerprint density at radius 3 is 2.88 bits per heavy atom. The number of nitrogens with zero attached hydrogens (tertiary/aromatic N) is 3. The minimum absolute atomic E-state index is 0.00382. The van der Waals surface area contributed by atoms with Crippen LogP contribution in [0.3, 0.4) is 0 Å². The van der Waals surface area contributed by atoms with Crippen molar-refractivity contribution in [2.24, 2.45) is 13.0 Å². The van der Waals surface area contributed by atoms with Crippen LogP contribution in [0.15, 0.2) is 28.9 Å². The molecule has 2 aliphatic rings. The molecule has 0 saturated heterocycles. The summed E-state index contributed by atoms with van der Waals surface area (Å²) in [6.07, 6.45) is 8.01. The van der Waals surface area contributed by atoms with E-state index in [1.54, 1.807) is 4.68 Å². The van der Waals surface area contributed by atoms with E-state index >= 15 is 0 Å². The van der Waals surface area contributed by atoms with Gasteiger partial charge in [-0.25, -0.2) is 4.79 Å². The van der Waals surface area contributed by atoms with Crippen LogP contribution >= 0.6 is 0 Å². The second-order valence-electron chi connectivity index (χ2n) is 7.49. The van der Waals surface area contributed by atoms with E-state index in [9.17, 15) is 4.79 Å². The third kappa shape index (κ3) is 3.89. The van der Waals surface area contributed by atoms with E-state index in [2.05, 4.69) is 23.4 Å². The van der Waals surface area contributed by atoms with Gasteiger partial charge in [0.15, 0.2) is 0 Å². The van der Waals surface area contributed by atoms with E-state index in [0.717, 1.165) is 42.3 Å². The molecule has 0 unspecified atom stereocenters. The molecule has 0 radical (unpaired) electrons. The van der Waals surface area contributed by atoms with Gasteiger partial charge >= 0.3 is 6.03 Å². The Balaban J connectivity index is 1.31. The number of rotatable bonds is 7. The predicted octanol–water partition coefficient (Wildman–Crippen LogP) is 3.05. The highest BCUT2D eigenvalue weighted by Crippen LogP contribution is 2.47. The van der Waals surface area contributed by atoms with Crippen LogP contribution in [-0.4, -0.2) is 33.3 Å². The largest absolute Gasteiger partial charge is 0.464 e. The molecule has 0 aromatic carbocycles. The van der Waals surface area contributed by atoms with Crippen LogP contribution in [0.5, 0.6) is 0 Å². The van der Waals surface area contributed by atoms with Gasteiger partial charge in [0.1, 0.15) is 11.5 Å². The van der Waals surface area contributed by atoms with Crippen molar-refractivity contribution in [2.75, 3.05) is 6.54 Å². The van der Waals surface area contributed by atoms with E-state index in [4.69, 9.17) is 4.42 Å². The van der Waals surface area contributed by atoms with Gasteiger partial charge in [0.05, 0.1) is 12.7 Å². The standard InChI is InChI=1S/C19H26N4O2/c1-13-9-17(13)18-6-5-16(25-18)12-23(15-3-4-15)19(24)20-8-7-14-10-21-22(2)11-14/h5-6,10-11,13,15,17H,3-4,7-9,12H2,1-2H3,(H,20,24)/t13-,17-/m0/s1. The zero-order valence-electron chi connectivity index (χ0n) is 14.9. The number of hydrogen-bond acceptors (Lipinski definition) is 3. The zero-order chi connectivity index (χ0) is 17.4. The second kappa shape index (κ2) is 6.58. The summed E-state index contributed by atoms with van der Waals surface area (Å²) in [6.45, 7) is 3.43. The Morgan fingerprint density at radius 1 is 1.44 bits per heavy atom. The zero-order valence-corrected chi connectivity index (χ0v) is 14.9. The molecule has 2 saturated carbocycles. The first-order valence-electron chi connectivity index (χ1n) is 9.21. The Kier molecular flexibility index (Phi) is 4.27. The lowest BCUT2D eigenvalue weighted by atomic mass is 10.2. The Hall–Kier alpha value is -2.24. The summed E-state index contributed by atoms with van der Waals surface area (Å²) in [5.41, 5.74) is 1.13. The normalized spacial score (nSPS) is 22.0. The molecular formula is C19H26N4O2. The first-order valence-corrected chi connectivity index (χ1v) is 9.21. The highest BCUT2D eigenvalue weighted by atomic mass is 16.3. The van der Waals surface area contributed by atoms with Crippen molar-refractivity contribution in [3.8, 4) is 0 Å². The summed E-state index contributed by atoms with van der Waals surface area (Å²) in [4.78, 5) is 14.5. The molecule has 0 spiro atoms. The van der Waals surface area contributed by atoms with E-state index in [1.165, 1.54) is 6.42 Å². The molecule has 0 bridgehead atoms. The molecule has 0 aliphatic heterocycles. The maximum atomic E-state index is 12.6. The molecule has 6 nitrogen and oxygen atoms in total. The van der Waals surface area contributed by atoms with Crippen molar-refractivity contribution in [3.63, 3.8) is 0 Å². The van der Waals surface area contributed by atoms with Crippen LogP contribution < -0.4 is 5.32 Å². The lowest BCUT2D eigenvalue weighted by Gasteiger charge is -2.21. The van der Waals surface area contributed by atoms with Crippen molar-refractivity contribution in [3.05, 3.63) is 41.6 Å². The second-order valence-corrected chi connectivity index (χ2v) is 7.49. The SMILES string of the molecule is C[C@H]1C[C@@H]1c1ccc(CN(C(=O)NCCc2cnn(C)c2)C2CC2)o1. The molecule has 4 rings (SSSR count). The minimum atomic E-state index is 0.00382. The molecular weight excluding hydrogens is 316 g/mol. The maximum absolute atomic E-state index is 12.6. The highest BCUT2D eigenvalue weighted by Gasteiger charge is 2.37. The number of nitrogens with one attached hydrogen (secondary N) is 1. The lowest BCUT2D eigenvalue weighted by molar-refractivity contribution is 0.186. The van der Waals surface area contributed by atoms with Crippen LogP contribution in [0.25, 0.3) is 0 Å². The van der Waals surface area contributed by atoms with Gasteiger partial charge < -0.3 is 14.6 Å². The fourth-order valence-corrected chi connectivity index (χ4v) is 3.33. The van der Waals surface area contributed by atoms with Gasteiger partial charge in [-0.15, -0.1) is 0 Å². The number of carbonyl (C=O) groups is 1. The summed E-state index contributed by atoms with van der Waals surface area (Å²) in [5.74, 6) is 3.28. The number of carbonyl (C=O) groups excluding carboxylic acids is 1. The van der Waals surface area contributed by atoms with Gasteiger partial charge in [0.2, 0.25) is 0 Å². The van der Waals surface area contributed by atoms with Gasteiger partial charge in [-0.05, 0) is 49.3 Å². The average Bonchev–Trinajstić information content (AvgIpc) is 3.47. The van der Waals surface area contributed by atoms with Crippen molar-refractivity contribution in [1.29, 1.82) is 0 Å². The average molecular weight is 342 g/mol. The quantitative estimate of drug-likeness (QED) is 0.841. The summed E-state index contributed by atoms with van der Waals surface area (Å²) in [5, 5.41) is 7.19. The van der Waals surface area contributed by atoms with Crippen LogP contribution in [0.2, 0.25) is 0 Å². The smallest absolute Gasteiger partial charge is 0.318 e. The molecule has 2 aliphatic carbocycles. The van der Waals surface area contributed by atoms with E-state index in [0.29, 0.717) is 25.0 Å².